The van der Waals surface area contributed by atoms with Gasteiger partial charge >= 0.3 is 12.3 Å². The Labute approximate surface area is 156 Å². The van der Waals surface area contributed by atoms with Crippen molar-refractivity contribution >= 4 is 17.3 Å². The van der Waals surface area contributed by atoms with Crippen molar-refractivity contribution in [2.45, 2.75) is 19.8 Å². The first-order valence-corrected chi connectivity index (χ1v) is 8.72. The Balaban J connectivity index is 1.72. The molecular weight excluding hydrogens is 383 g/mol. The summed E-state index contributed by atoms with van der Waals surface area (Å²) >= 11 is 1.33. The number of benzene rings is 1. The molecule has 142 valence electrons. The molecule has 0 radical (unpaired) electrons. The van der Waals surface area contributed by atoms with Crippen LogP contribution in [0.3, 0.4) is 0 Å². The summed E-state index contributed by atoms with van der Waals surface area (Å²) in [7, 11) is 0. The first-order chi connectivity index (χ1) is 12.8. The van der Waals surface area contributed by atoms with Crippen molar-refractivity contribution in [2.24, 2.45) is 0 Å². The molecule has 0 aliphatic rings. The number of carbonyl (C=O) groups is 1. The molecule has 3 rings (SSSR count). The number of hydrogen-bond donors (Lipinski definition) is 0. The van der Waals surface area contributed by atoms with Gasteiger partial charge in [0, 0.05) is 17.1 Å². The minimum absolute atomic E-state index is 0.275. The molecular formula is C17H14F3N3O3S. The molecule has 0 aliphatic heterocycles. The van der Waals surface area contributed by atoms with Crippen molar-refractivity contribution < 1.29 is 27.4 Å². The van der Waals surface area contributed by atoms with Gasteiger partial charge in [-0.15, -0.1) is 24.5 Å². The molecule has 10 heteroatoms. The molecule has 0 saturated heterocycles. The normalized spacial score (nSPS) is 11.4. The Hall–Kier alpha value is -2.88. The summed E-state index contributed by atoms with van der Waals surface area (Å²) in [5, 5.41) is 6.51. The van der Waals surface area contributed by atoms with E-state index in [9.17, 15) is 18.0 Å². The lowest BCUT2D eigenvalue weighted by molar-refractivity contribution is -0.274. The lowest BCUT2D eigenvalue weighted by atomic mass is 10.2. The fraction of sp³-hybridized carbons (Fsp3) is 0.235. The Bertz CT molecular complexity index is 937. The maximum absolute atomic E-state index is 12.4. The molecule has 3 aromatic rings. The lowest BCUT2D eigenvalue weighted by Crippen LogP contribution is -2.17. The van der Waals surface area contributed by atoms with Crippen LogP contribution in [0.5, 0.6) is 5.75 Å². The number of alkyl halides is 3. The van der Waals surface area contributed by atoms with Crippen LogP contribution in [-0.2, 0) is 11.3 Å². The van der Waals surface area contributed by atoms with E-state index in [2.05, 4.69) is 14.8 Å². The fourth-order valence-corrected chi connectivity index (χ4v) is 3.07. The van der Waals surface area contributed by atoms with Gasteiger partial charge < -0.3 is 9.47 Å². The van der Waals surface area contributed by atoms with E-state index >= 15 is 0 Å². The Morgan fingerprint density at radius 3 is 2.89 bits per heavy atom. The molecule has 0 unspecified atom stereocenters. The minimum Gasteiger partial charge on any atom is -0.462 e. The van der Waals surface area contributed by atoms with Gasteiger partial charge in [-0.05, 0) is 19.1 Å². The van der Waals surface area contributed by atoms with Crippen LogP contribution in [-0.4, -0.2) is 33.7 Å². The fourth-order valence-electron chi connectivity index (χ4n) is 2.28. The third kappa shape index (κ3) is 5.07. The summed E-state index contributed by atoms with van der Waals surface area (Å²) in [5.74, 6) is -0.759. The number of carbonyl (C=O) groups excluding carboxylic acids is 1. The summed E-state index contributed by atoms with van der Waals surface area (Å²) in [6.45, 7) is 2.31. The second-order valence-corrected chi connectivity index (χ2v) is 6.29. The number of rotatable bonds is 6. The van der Waals surface area contributed by atoms with Crippen molar-refractivity contribution in [2.75, 3.05) is 6.61 Å². The summed E-state index contributed by atoms with van der Waals surface area (Å²) < 4.78 is 47.4. The van der Waals surface area contributed by atoms with Gasteiger partial charge in [0.1, 0.15) is 10.8 Å². The van der Waals surface area contributed by atoms with Gasteiger partial charge in [0.25, 0.3) is 0 Å². The van der Waals surface area contributed by atoms with Crippen molar-refractivity contribution in [3.05, 3.63) is 52.6 Å². The van der Waals surface area contributed by atoms with Crippen LogP contribution in [0.1, 0.15) is 22.3 Å². The molecule has 2 aromatic heterocycles. The standard InChI is InChI=1S/C17H14F3N3O3S/c1-2-25-16(24)12-7-21-23(8-12)9-15-22-14(10-27-15)11-4-3-5-13(6-11)26-17(18,19)20/h3-8,10H,2,9H2,1H3. The van der Waals surface area contributed by atoms with E-state index in [1.807, 2.05) is 0 Å². The SMILES string of the molecule is CCOC(=O)c1cnn(Cc2nc(-c3cccc(OC(F)(F)F)c3)cs2)c1. The highest BCUT2D eigenvalue weighted by molar-refractivity contribution is 7.09. The van der Waals surface area contributed by atoms with Crippen LogP contribution in [0.25, 0.3) is 11.3 Å². The number of hydrogen-bond acceptors (Lipinski definition) is 6. The van der Waals surface area contributed by atoms with E-state index in [1.54, 1.807) is 24.6 Å². The molecule has 27 heavy (non-hydrogen) atoms. The van der Waals surface area contributed by atoms with Gasteiger partial charge in [-0.25, -0.2) is 9.78 Å². The summed E-state index contributed by atoms with van der Waals surface area (Å²) in [6.07, 6.45) is -1.79. The average Bonchev–Trinajstić information content (AvgIpc) is 3.24. The van der Waals surface area contributed by atoms with Crippen LogP contribution in [0.4, 0.5) is 13.2 Å². The number of ether oxygens (including phenoxy) is 2. The largest absolute Gasteiger partial charge is 0.573 e. The zero-order valence-corrected chi connectivity index (χ0v) is 14.9. The number of thiazole rings is 1. The predicted octanol–water partition coefficient (Wildman–Crippen LogP) is 4.13. The van der Waals surface area contributed by atoms with E-state index in [1.165, 1.54) is 40.4 Å². The maximum Gasteiger partial charge on any atom is 0.573 e. The third-order valence-electron chi connectivity index (χ3n) is 3.36. The maximum atomic E-state index is 12.4. The Morgan fingerprint density at radius 2 is 2.15 bits per heavy atom. The van der Waals surface area contributed by atoms with Gasteiger partial charge in [-0.2, -0.15) is 5.10 Å². The van der Waals surface area contributed by atoms with Crippen LogP contribution in [0.15, 0.2) is 42.0 Å². The second kappa shape index (κ2) is 7.78. The average molecular weight is 397 g/mol. The minimum atomic E-state index is -4.75. The van der Waals surface area contributed by atoms with Crippen LogP contribution in [0.2, 0.25) is 0 Å². The smallest absolute Gasteiger partial charge is 0.462 e. The molecule has 0 fully saturated rings. The Morgan fingerprint density at radius 1 is 1.33 bits per heavy atom. The molecule has 0 spiro atoms. The van der Waals surface area contributed by atoms with E-state index in [4.69, 9.17) is 4.74 Å². The predicted molar refractivity (Wildman–Crippen MR) is 91.5 cm³/mol. The summed E-state index contributed by atoms with van der Waals surface area (Å²) in [5.41, 5.74) is 1.37. The monoisotopic (exact) mass is 397 g/mol. The first kappa shape index (κ1) is 18.9. The van der Waals surface area contributed by atoms with E-state index in [0.717, 1.165) is 0 Å². The number of esters is 1. The zero-order valence-electron chi connectivity index (χ0n) is 14.1. The van der Waals surface area contributed by atoms with E-state index in [-0.39, 0.29) is 12.4 Å². The van der Waals surface area contributed by atoms with Crippen molar-refractivity contribution in [3.63, 3.8) is 0 Å². The van der Waals surface area contributed by atoms with Crippen molar-refractivity contribution in [3.8, 4) is 17.0 Å². The highest BCUT2D eigenvalue weighted by Gasteiger charge is 2.31. The highest BCUT2D eigenvalue weighted by Crippen LogP contribution is 2.28. The van der Waals surface area contributed by atoms with Crippen LogP contribution < -0.4 is 4.74 Å². The second-order valence-electron chi connectivity index (χ2n) is 5.35. The van der Waals surface area contributed by atoms with Crippen LogP contribution in [0, 0.1) is 0 Å². The number of halogens is 3. The summed E-state index contributed by atoms with van der Waals surface area (Å²) in [4.78, 5) is 16.1. The lowest BCUT2D eigenvalue weighted by Gasteiger charge is -2.09. The summed E-state index contributed by atoms with van der Waals surface area (Å²) in [6, 6.07) is 5.62. The van der Waals surface area contributed by atoms with Gasteiger partial charge in [0.05, 0.1) is 30.6 Å². The molecule has 0 aliphatic carbocycles. The van der Waals surface area contributed by atoms with E-state index < -0.39 is 12.3 Å². The molecule has 0 bridgehead atoms. The zero-order chi connectivity index (χ0) is 19.4. The number of aromatic nitrogens is 3. The Kier molecular flexibility index (Phi) is 5.45. The molecule has 0 N–H and O–H groups in total. The van der Waals surface area contributed by atoms with Crippen LogP contribution >= 0.6 is 11.3 Å². The third-order valence-corrected chi connectivity index (χ3v) is 4.19. The molecule has 0 atom stereocenters. The van der Waals surface area contributed by atoms with E-state index in [0.29, 0.717) is 28.4 Å². The van der Waals surface area contributed by atoms with Gasteiger partial charge in [-0.1, -0.05) is 12.1 Å². The molecule has 2 heterocycles. The highest BCUT2D eigenvalue weighted by atomic mass is 32.1. The van der Waals surface area contributed by atoms with Gasteiger partial charge in [0.15, 0.2) is 0 Å². The van der Waals surface area contributed by atoms with Gasteiger partial charge in [-0.3, -0.25) is 4.68 Å². The first-order valence-electron chi connectivity index (χ1n) is 7.84. The number of nitrogens with zero attached hydrogens (tertiary/aromatic N) is 3. The quantitative estimate of drug-likeness (QED) is 0.585. The van der Waals surface area contributed by atoms with Crippen molar-refractivity contribution in [1.82, 2.24) is 14.8 Å². The van der Waals surface area contributed by atoms with Gasteiger partial charge in [0.2, 0.25) is 0 Å². The molecule has 0 amide bonds. The molecule has 6 nitrogen and oxygen atoms in total. The molecule has 0 saturated carbocycles. The molecule has 1 aromatic carbocycles. The van der Waals surface area contributed by atoms with Crippen molar-refractivity contribution in [1.29, 1.82) is 0 Å². The topological polar surface area (TPSA) is 66.2 Å².